The zero-order valence-electron chi connectivity index (χ0n) is 17.8. The summed E-state index contributed by atoms with van der Waals surface area (Å²) in [6.45, 7) is 1.44. The van der Waals surface area contributed by atoms with Crippen LogP contribution >= 0.6 is 11.8 Å². The van der Waals surface area contributed by atoms with E-state index in [0.29, 0.717) is 26.1 Å². The smallest absolute Gasteiger partial charge is 0.294 e. The number of H-pyrrole nitrogens is 1. The number of carbonyl (C=O) groups excluding carboxylic acids is 1. The van der Waals surface area contributed by atoms with Gasteiger partial charge in [-0.2, -0.15) is 0 Å². The monoisotopic (exact) mass is 466 g/mol. The molecule has 3 atom stereocenters. The quantitative estimate of drug-likeness (QED) is 0.199. The molecule has 1 aliphatic carbocycles. The number of carbonyl (C=O) groups is 1. The molecule has 0 radical (unpaired) electrons. The molecular weight excluding hydrogens is 436 g/mol. The first-order valence-electron chi connectivity index (χ1n) is 10.8. The van der Waals surface area contributed by atoms with Crippen molar-refractivity contribution >= 4 is 28.6 Å². The molecule has 0 saturated heterocycles. The fraction of sp³-hybridized carbons (Fsp3) is 0.571. The maximum absolute atomic E-state index is 12.0. The third-order valence-corrected chi connectivity index (χ3v) is 6.68. The van der Waals surface area contributed by atoms with Gasteiger partial charge in [0.25, 0.3) is 5.09 Å². The lowest BCUT2D eigenvalue weighted by Crippen LogP contribution is -2.38. The Morgan fingerprint density at radius 1 is 1.31 bits per heavy atom. The fourth-order valence-electron chi connectivity index (χ4n) is 3.70. The Labute approximate surface area is 190 Å². The van der Waals surface area contributed by atoms with E-state index in [9.17, 15) is 20.0 Å². The van der Waals surface area contributed by atoms with Gasteiger partial charge in [0.05, 0.1) is 5.75 Å². The number of aliphatic hydroxyl groups excluding tert-OH is 1. The van der Waals surface area contributed by atoms with Crippen LogP contribution in [0.3, 0.4) is 0 Å². The third-order valence-electron chi connectivity index (χ3n) is 5.28. The number of rotatable bonds is 13. The van der Waals surface area contributed by atoms with Crippen molar-refractivity contribution in [2.24, 2.45) is 0 Å². The van der Waals surface area contributed by atoms with Gasteiger partial charge in [-0.15, -0.1) is 21.9 Å². The minimum atomic E-state index is -0.741. The summed E-state index contributed by atoms with van der Waals surface area (Å²) < 4.78 is 5.72. The number of nitrogens with zero attached hydrogens (tertiary/aromatic N) is 1. The summed E-state index contributed by atoms with van der Waals surface area (Å²) in [4.78, 5) is 30.5. The van der Waals surface area contributed by atoms with Crippen molar-refractivity contribution in [2.75, 3.05) is 32.0 Å². The molecule has 4 N–H and O–H groups in total. The molecule has 1 fully saturated rings. The van der Waals surface area contributed by atoms with Crippen molar-refractivity contribution in [2.45, 2.75) is 43.1 Å². The summed E-state index contributed by atoms with van der Waals surface area (Å²) in [5.41, 5.74) is 0.980. The highest BCUT2D eigenvalue weighted by atomic mass is 32.2. The summed E-state index contributed by atoms with van der Waals surface area (Å²) in [6, 6.07) is 7.65. The van der Waals surface area contributed by atoms with Gasteiger partial charge in [-0.05, 0) is 31.0 Å². The molecule has 10 nitrogen and oxygen atoms in total. The van der Waals surface area contributed by atoms with Crippen LogP contribution < -0.4 is 15.4 Å². The molecule has 1 amide bonds. The molecule has 0 bridgehead atoms. The van der Waals surface area contributed by atoms with Crippen molar-refractivity contribution in [3.8, 4) is 5.75 Å². The van der Waals surface area contributed by atoms with Crippen LogP contribution in [0.2, 0.25) is 0 Å². The lowest BCUT2D eigenvalue weighted by Gasteiger charge is -2.28. The van der Waals surface area contributed by atoms with E-state index in [2.05, 4.69) is 15.6 Å². The number of aliphatic hydroxyl groups is 1. The zero-order valence-corrected chi connectivity index (χ0v) is 18.6. The van der Waals surface area contributed by atoms with Crippen LogP contribution in [0, 0.1) is 10.1 Å². The van der Waals surface area contributed by atoms with Gasteiger partial charge in [-0.3, -0.25) is 4.79 Å². The Morgan fingerprint density at radius 2 is 2.16 bits per heavy atom. The van der Waals surface area contributed by atoms with E-state index in [0.717, 1.165) is 35.9 Å². The number of hydrogen-bond acceptors (Lipinski definition) is 8. The average molecular weight is 467 g/mol. The molecule has 1 heterocycles. The first-order chi connectivity index (χ1) is 15.5. The lowest BCUT2D eigenvalue weighted by molar-refractivity contribution is -0.768. The van der Waals surface area contributed by atoms with Gasteiger partial charge >= 0.3 is 0 Å². The van der Waals surface area contributed by atoms with Crippen molar-refractivity contribution in [1.29, 1.82) is 0 Å². The van der Waals surface area contributed by atoms with Gasteiger partial charge in [0.15, 0.2) is 0 Å². The number of hydrogen-bond donors (Lipinski definition) is 4. The van der Waals surface area contributed by atoms with E-state index < -0.39 is 17.3 Å². The minimum absolute atomic E-state index is 0.0368. The second kappa shape index (κ2) is 12.5. The second-order valence-electron chi connectivity index (χ2n) is 7.72. The molecule has 1 aliphatic rings. The number of benzene rings is 1. The first kappa shape index (κ1) is 24.1. The molecule has 1 aromatic heterocycles. The van der Waals surface area contributed by atoms with Gasteiger partial charge in [0, 0.05) is 42.0 Å². The Kier molecular flexibility index (Phi) is 9.44. The SMILES string of the molecule is O=C(CSC1CCCCC1O[N+](=O)[O-])NCCNCC(O)COc1cccc2[nH]ccc12. The van der Waals surface area contributed by atoms with Crippen LogP contribution in [-0.4, -0.2) is 70.5 Å². The van der Waals surface area contributed by atoms with E-state index in [4.69, 9.17) is 9.57 Å². The Morgan fingerprint density at radius 3 is 3.00 bits per heavy atom. The van der Waals surface area contributed by atoms with Crippen LogP contribution in [0.1, 0.15) is 25.7 Å². The number of amides is 1. The van der Waals surface area contributed by atoms with Gasteiger partial charge in [-0.25, -0.2) is 0 Å². The number of thioether (sulfide) groups is 1. The molecule has 0 aliphatic heterocycles. The topological polar surface area (TPSA) is 139 Å². The van der Waals surface area contributed by atoms with Crippen molar-refractivity contribution in [3.63, 3.8) is 0 Å². The van der Waals surface area contributed by atoms with Crippen molar-refractivity contribution < 1.29 is 24.6 Å². The zero-order chi connectivity index (χ0) is 22.8. The molecule has 1 saturated carbocycles. The molecule has 176 valence electrons. The van der Waals surface area contributed by atoms with Crippen LogP contribution in [0.4, 0.5) is 0 Å². The summed E-state index contributed by atoms with van der Waals surface area (Å²) in [5, 5.41) is 26.8. The number of ether oxygens (including phenoxy) is 1. The predicted octanol–water partition coefficient (Wildman–Crippen LogP) is 1.87. The number of aromatic nitrogens is 1. The third kappa shape index (κ3) is 7.57. The Hall–Kier alpha value is -2.50. The van der Waals surface area contributed by atoms with Crippen LogP contribution in [0.25, 0.3) is 10.9 Å². The largest absolute Gasteiger partial charge is 0.490 e. The second-order valence-corrected chi connectivity index (χ2v) is 8.94. The van der Waals surface area contributed by atoms with E-state index in [-0.39, 0.29) is 23.5 Å². The average Bonchev–Trinajstić information content (AvgIpc) is 3.26. The summed E-state index contributed by atoms with van der Waals surface area (Å²) >= 11 is 1.41. The molecule has 0 spiro atoms. The van der Waals surface area contributed by atoms with Gasteiger partial charge in [-0.1, -0.05) is 18.9 Å². The van der Waals surface area contributed by atoms with Gasteiger partial charge < -0.3 is 30.3 Å². The van der Waals surface area contributed by atoms with Crippen LogP contribution in [0.5, 0.6) is 5.75 Å². The first-order valence-corrected chi connectivity index (χ1v) is 11.8. The van der Waals surface area contributed by atoms with Crippen LogP contribution in [0.15, 0.2) is 30.5 Å². The normalized spacial score (nSPS) is 19.4. The molecule has 3 unspecified atom stereocenters. The minimum Gasteiger partial charge on any atom is -0.490 e. The molecule has 2 aromatic rings. The summed E-state index contributed by atoms with van der Waals surface area (Å²) in [5.74, 6) is 0.839. The van der Waals surface area contributed by atoms with E-state index >= 15 is 0 Å². The van der Waals surface area contributed by atoms with Gasteiger partial charge in [0.1, 0.15) is 24.6 Å². The Balaban J connectivity index is 1.25. The summed E-state index contributed by atoms with van der Waals surface area (Å²) in [6.07, 6.45) is 4.09. The van der Waals surface area contributed by atoms with Crippen molar-refractivity contribution in [1.82, 2.24) is 15.6 Å². The molecule has 11 heteroatoms. The Bertz CT molecular complexity index is 879. The molecule has 32 heavy (non-hydrogen) atoms. The van der Waals surface area contributed by atoms with Crippen molar-refractivity contribution in [3.05, 3.63) is 40.6 Å². The van der Waals surface area contributed by atoms with E-state index in [1.165, 1.54) is 11.8 Å². The summed E-state index contributed by atoms with van der Waals surface area (Å²) in [7, 11) is 0. The van der Waals surface area contributed by atoms with E-state index in [1.54, 1.807) is 0 Å². The number of nitrogens with one attached hydrogen (secondary N) is 3. The fourth-order valence-corrected chi connectivity index (χ4v) is 4.91. The predicted molar refractivity (Wildman–Crippen MR) is 122 cm³/mol. The van der Waals surface area contributed by atoms with E-state index in [1.807, 2.05) is 30.5 Å². The number of fused-ring (bicyclic) bond motifs is 1. The lowest BCUT2D eigenvalue weighted by atomic mass is 9.97. The highest BCUT2D eigenvalue weighted by Gasteiger charge is 2.29. The van der Waals surface area contributed by atoms with Crippen LogP contribution in [-0.2, 0) is 9.63 Å². The van der Waals surface area contributed by atoms with Gasteiger partial charge in [0.2, 0.25) is 5.91 Å². The highest BCUT2D eigenvalue weighted by Crippen LogP contribution is 2.30. The standard InChI is InChI=1S/C21H30N4O6S/c26-15(13-30-18-6-3-4-17-16(18)8-9-23-17)12-22-10-11-24-21(27)14-32-20-7-2-1-5-19(20)31-25(28)29/h3-4,6,8-9,15,19-20,22-23,26H,1-2,5,7,10-14H2,(H,24,27). The maximum atomic E-state index is 12.0. The molecule has 3 rings (SSSR count). The molecular formula is C21H30N4O6S. The number of aromatic amines is 1. The maximum Gasteiger partial charge on any atom is 0.294 e. The molecule has 1 aromatic carbocycles. The highest BCUT2D eigenvalue weighted by molar-refractivity contribution is 8.00.